The number of ether oxygens (including phenoxy) is 2. The molecule has 1 saturated carbocycles. The predicted octanol–water partition coefficient (Wildman–Crippen LogP) is 1.94. The Kier molecular flexibility index (Phi) is 7.80. The van der Waals surface area contributed by atoms with Crippen molar-refractivity contribution in [2.45, 2.75) is 63.4 Å². The van der Waals surface area contributed by atoms with E-state index in [4.69, 9.17) is 9.47 Å². The van der Waals surface area contributed by atoms with Gasteiger partial charge in [-0.1, -0.05) is 12.1 Å². The van der Waals surface area contributed by atoms with Gasteiger partial charge in [-0.15, -0.1) is 0 Å². The molecular formula is C30H40FN5O4. The Hall–Kier alpha value is -2.63. The summed E-state index contributed by atoms with van der Waals surface area (Å²) in [7, 11) is 0. The van der Waals surface area contributed by atoms with Gasteiger partial charge in [0.1, 0.15) is 18.1 Å². The molecule has 1 aromatic carbocycles. The molecule has 0 radical (unpaired) electrons. The van der Waals surface area contributed by atoms with E-state index in [2.05, 4.69) is 27.0 Å². The fraction of sp³-hybridized carbons (Fsp3) is 0.600. The fourth-order valence-electron chi connectivity index (χ4n) is 6.41. The van der Waals surface area contributed by atoms with E-state index in [0.29, 0.717) is 42.9 Å². The van der Waals surface area contributed by atoms with Crippen LogP contribution in [0.3, 0.4) is 0 Å². The number of carbonyl (C=O) groups excluding carboxylic acids is 1. The van der Waals surface area contributed by atoms with Crippen LogP contribution in [0.15, 0.2) is 30.3 Å². The summed E-state index contributed by atoms with van der Waals surface area (Å²) in [5.74, 6) is 0.0910. The average molecular weight is 554 g/mol. The summed E-state index contributed by atoms with van der Waals surface area (Å²) in [6, 6.07) is 8.58. The Morgan fingerprint density at radius 1 is 1.25 bits per heavy atom. The van der Waals surface area contributed by atoms with E-state index < -0.39 is 0 Å². The number of piperazine rings is 1. The van der Waals surface area contributed by atoms with Crippen LogP contribution in [-0.4, -0.2) is 102 Å². The number of benzene rings is 1. The molecule has 4 heterocycles. The summed E-state index contributed by atoms with van der Waals surface area (Å²) in [5, 5.41) is 13.7. The molecule has 3 atom stereocenters. The van der Waals surface area contributed by atoms with Crippen LogP contribution in [0, 0.1) is 5.82 Å². The molecular weight excluding hydrogens is 513 g/mol. The largest absolute Gasteiger partial charge is 0.474 e. The van der Waals surface area contributed by atoms with Gasteiger partial charge < -0.3 is 24.8 Å². The molecule has 0 bridgehead atoms. The molecule has 3 fully saturated rings. The van der Waals surface area contributed by atoms with Gasteiger partial charge in [0.05, 0.1) is 38.1 Å². The third-order valence-corrected chi connectivity index (χ3v) is 8.90. The number of nitrogens with one attached hydrogen (secondary N) is 1. The number of fused-ring (bicyclic) bond motifs is 1. The molecule has 1 aromatic heterocycles. The van der Waals surface area contributed by atoms with Gasteiger partial charge in [-0.2, -0.15) is 0 Å². The molecule has 3 aliphatic heterocycles. The first-order valence-corrected chi connectivity index (χ1v) is 14.5. The number of aromatic nitrogens is 1. The highest BCUT2D eigenvalue weighted by Crippen LogP contribution is 2.43. The van der Waals surface area contributed by atoms with Crippen molar-refractivity contribution >= 4 is 11.6 Å². The van der Waals surface area contributed by atoms with Gasteiger partial charge in [0.2, 0.25) is 11.8 Å². The van der Waals surface area contributed by atoms with Gasteiger partial charge in [-0.3, -0.25) is 14.6 Å². The zero-order valence-electron chi connectivity index (χ0n) is 23.4. The number of amides is 1. The lowest BCUT2D eigenvalue weighted by Crippen LogP contribution is -2.63. The monoisotopic (exact) mass is 553 g/mol. The number of aliphatic hydroxyl groups is 1. The summed E-state index contributed by atoms with van der Waals surface area (Å²) >= 11 is 0. The zero-order chi connectivity index (χ0) is 27.9. The average Bonchev–Trinajstić information content (AvgIpc) is 3.72. The van der Waals surface area contributed by atoms with E-state index in [1.54, 1.807) is 12.1 Å². The molecule has 2 N–H and O–H groups in total. The number of nitrogens with zero attached hydrogens (tertiary/aromatic N) is 4. The van der Waals surface area contributed by atoms with Crippen molar-refractivity contribution in [3.8, 4) is 5.88 Å². The Bertz CT molecular complexity index is 1220. The number of rotatable bonds is 7. The van der Waals surface area contributed by atoms with Gasteiger partial charge in [-0.25, -0.2) is 9.37 Å². The van der Waals surface area contributed by atoms with Crippen LogP contribution >= 0.6 is 0 Å². The highest BCUT2D eigenvalue weighted by Gasteiger charge is 2.50. The molecule has 1 amide bonds. The number of hydrogen-bond acceptors (Lipinski definition) is 8. The van der Waals surface area contributed by atoms with Crippen molar-refractivity contribution in [2.75, 3.05) is 57.4 Å². The lowest BCUT2D eigenvalue weighted by Gasteiger charge is -2.45. The molecule has 2 saturated heterocycles. The highest BCUT2D eigenvalue weighted by molar-refractivity contribution is 5.97. The normalized spacial score (nSPS) is 26.4. The fourth-order valence-corrected chi connectivity index (χ4v) is 6.41. The molecule has 40 heavy (non-hydrogen) atoms. The molecule has 4 aliphatic rings. The maximum Gasteiger partial charge on any atom is 0.241 e. The third-order valence-electron chi connectivity index (χ3n) is 8.90. The maximum atomic E-state index is 14.0. The molecule has 1 aliphatic carbocycles. The molecule has 0 unspecified atom stereocenters. The van der Waals surface area contributed by atoms with E-state index in [-0.39, 0.29) is 36.0 Å². The smallest absolute Gasteiger partial charge is 0.241 e. The first kappa shape index (κ1) is 27.5. The number of halogens is 1. The van der Waals surface area contributed by atoms with Crippen LogP contribution < -0.4 is 15.0 Å². The topological polar surface area (TPSA) is 90.4 Å². The van der Waals surface area contributed by atoms with Crippen LogP contribution in [-0.2, 0) is 22.6 Å². The second-order valence-electron chi connectivity index (χ2n) is 11.9. The van der Waals surface area contributed by atoms with E-state index in [1.165, 1.54) is 25.0 Å². The van der Waals surface area contributed by atoms with Crippen molar-refractivity contribution in [2.24, 2.45) is 0 Å². The van der Waals surface area contributed by atoms with Crippen molar-refractivity contribution in [3.05, 3.63) is 53.0 Å². The number of anilines is 1. The van der Waals surface area contributed by atoms with Crippen LogP contribution in [0.2, 0.25) is 0 Å². The van der Waals surface area contributed by atoms with Crippen molar-refractivity contribution in [1.82, 2.24) is 20.1 Å². The summed E-state index contributed by atoms with van der Waals surface area (Å²) in [6.45, 7) is 9.65. The van der Waals surface area contributed by atoms with Gasteiger partial charge in [-0.05, 0) is 62.4 Å². The van der Waals surface area contributed by atoms with Gasteiger partial charge in [0.15, 0.2) is 0 Å². The second-order valence-corrected chi connectivity index (χ2v) is 11.9. The predicted molar refractivity (Wildman–Crippen MR) is 149 cm³/mol. The molecule has 1 spiro atoms. The van der Waals surface area contributed by atoms with E-state index in [9.17, 15) is 14.3 Å². The second kappa shape index (κ2) is 11.3. The summed E-state index contributed by atoms with van der Waals surface area (Å²) < 4.78 is 25.2. The number of hydrogen-bond donors (Lipinski definition) is 2. The molecule has 216 valence electrons. The zero-order valence-corrected chi connectivity index (χ0v) is 23.4. The standard InChI is InChI=1S/C30H40FN5O4/c1-20-14-34(25(13-32-20)15-35-9-10-39-19-30(35)7-8-30)16-28(38)36-21(2)18-40-29-27(36)12-23(26(17-37)33-29)11-22-3-5-24(31)6-4-22/h3-6,12,20-21,25,32,37H,7-11,13-19H2,1-2H3/t20-,21+,25-/m1/s1. The summed E-state index contributed by atoms with van der Waals surface area (Å²) in [4.78, 5) is 25.4. The Balaban J connectivity index is 1.23. The van der Waals surface area contributed by atoms with Crippen LogP contribution in [0.5, 0.6) is 5.88 Å². The minimum absolute atomic E-state index is 0.0190. The Morgan fingerprint density at radius 2 is 2.05 bits per heavy atom. The molecule has 2 aromatic rings. The number of morpholine rings is 1. The summed E-state index contributed by atoms with van der Waals surface area (Å²) in [6.07, 6.45) is 2.84. The number of pyridine rings is 1. The molecule has 6 rings (SSSR count). The molecule has 10 heteroatoms. The minimum atomic E-state index is -0.296. The van der Waals surface area contributed by atoms with Gasteiger partial charge in [0.25, 0.3) is 0 Å². The van der Waals surface area contributed by atoms with Gasteiger partial charge >= 0.3 is 0 Å². The minimum Gasteiger partial charge on any atom is -0.474 e. The first-order valence-electron chi connectivity index (χ1n) is 14.5. The lowest BCUT2D eigenvalue weighted by atomic mass is 10.0. The third kappa shape index (κ3) is 5.60. The Labute approximate surface area is 235 Å². The SMILES string of the molecule is C[C@@H]1CN(CC(=O)N2c3cc(Cc4ccc(F)cc4)c(CO)nc3OC[C@@H]2C)[C@@H](CN2CCOCC23CC3)CN1. The van der Waals surface area contributed by atoms with Crippen LogP contribution in [0.4, 0.5) is 10.1 Å². The number of aliphatic hydroxyl groups excluding tert-OH is 1. The van der Waals surface area contributed by atoms with E-state index in [1.807, 2.05) is 17.9 Å². The van der Waals surface area contributed by atoms with E-state index in [0.717, 1.165) is 50.5 Å². The first-order chi connectivity index (χ1) is 19.3. The van der Waals surface area contributed by atoms with E-state index >= 15 is 0 Å². The highest BCUT2D eigenvalue weighted by atomic mass is 19.1. The number of carbonyl (C=O) groups is 1. The summed E-state index contributed by atoms with van der Waals surface area (Å²) in [5.41, 5.74) is 3.02. The lowest BCUT2D eigenvalue weighted by molar-refractivity contribution is -0.122. The van der Waals surface area contributed by atoms with Gasteiger partial charge in [0, 0.05) is 43.8 Å². The maximum absolute atomic E-state index is 14.0. The van der Waals surface area contributed by atoms with Crippen molar-refractivity contribution < 1.29 is 23.8 Å². The quantitative estimate of drug-likeness (QED) is 0.538. The van der Waals surface area contributed by atoms with Crippen molar-refractivity contribution in [3.63, 3.8) is 0 Å². The van der Waals surface area contributed by atoms with Crippen LogP contribution in [0.25, 0.3) is 0 Å². The molecule has 9 nitrogen and oxygen atoms in total. The Morgan fingerprint density at radius 3 is 2.80 bits per heavy atom. The van der Waals surface area contributed by atoms with Crippen LogP contribution in [0.1, 0.15) is 43.5 Å². The van der Waals surface area contributed by atoms with Crippen molar-refractivity contribution in [1.29, 1.82) is 0 Å².